The lowest BCUT2D eigenvalue weighted by atomic mass is 9.96. The molecule has 2 aliphatic rings. The molecule has 0 radical (unpaired) electrons. The minimum absolute atomic E-state index is 0.0251. The number of guanidine groups is 1. The number of ether oxygens (including phenoxy) is 1. The zero-order valence-corrected chi connectivity index (χ0v) is 16.6. The zero-order chi connectivity index (χ0) is 18.9. The van der Waals surface area contributed by atoms with Crippen molar-refractivity contribution in [2.24, 2.45) is 12.0 Å². The lowest BCUT2D eigenvalue weighted by molar-refractivity contribution is -0.00805. The maximum atomic E-state index is 6.04. The smallest absolute Gasteiger partial charge is 0.193 e. The topological polar surface area (TPSA) is 54.7 Å². The summed E-state index contributed by atoms with van der Waals surface area (Å²) in [6.07, 6.45) is 6.31. The summed E-state index contributed by atoms with van der Waals surface area (Å²) >= 11 is 6.04. The van der Waals surface area contributed by atoms with Crippen LogP contribution in [0.4, 0.5) is 0 Å². The fraction of sp³-hybridized carbons (Fsp3) is 0.500. The maximum absolute atomic E-state index is 6.04. The number of aromatic nitrogens is 2. The Morgan fingerprint density at radius 3 is 2.78 bits per heavy atom. The molecule has 1 aliphatic heterocycles. The van der Waals surface area contributed by atoms with Crippen molar-refractivity contribution < 1.29 is 4.74 Å². The number of nitrogens with one attached hydrogen (secondary N) is 1. The average Bonchev–Trinajstić information content (AvgIpc) is 3.35. The van der Waals surface area contributed by atoms with Crippen LogP contribution < -0.4 is 5.32 Å². The summed E-state index contributed by atoms with van der Waals surface area (Å²) in [5.74, 6) is 0.937. The van der Waals surface area contributed by atoms with Crippen molar-refractivity contribution in [2.45, 2.75) is 24.4 Å². The fourth-order valence-corrected chi connectivity index (χ4v) is 3.88. The van der Waals surface area contributed by atoms with Gasteiger partial charge in [0.2, 0.25) is 0 Å². The van der Waals surface area contributed by atoms with Crippen LogP contribution in [0.1, 0.15) is 30.1 Å². The maximum Gasteiger partial charge on any atom is 0.193 e. The highest BCUT2D eigenvalue weighted by Crippen LogP contribution is 2.47. The van der Waals surface area contributed by atoms with E-state index < -0.39 is 0 Å². The summed E-state index contributed by atoms with van der Waals surface area (Å²) in [5.41, 5.74) is 2.66. The Balaban J connectivity index is 1.40. The van der Waals surface area contributed by atoms with Gasteiger partial charge in [-0.05, 0) is 30.5 Å². The van der Waals surface area contributed by atoms with Crippen LogP contribution in [0.15, 0.2) is 41.7 Å². The lowest BCUT2D eigenvalue weighted by Crippen LogP contribution is -2.49. The van der Waals surface area contributed by atoms with Crippen molar-refractivity contribution in [1.82, 2.24) is 20.0 Å². The Morgan fingerprint density at radius 1 is 1.37 bits per heavy atom. The van der Waals surface area contributed by atoms with E-state index >= 15 is 0 Å². The molecule has 1 aromatic heterocycles. The van der Waals surface area contributed by atoms with Crippen molar-refractivity contribution in [3.63, 3.8) is 0 Å². The average molecular weight is 388 g/mol. The van der Waals surface area contributed by atoms with Crippen LogP contribution in [0, 0.1) is 0 Å². The van der Waals surface area contributed by atoms with Gasteiger partial charge in [-0.1, -0.05) is 23.7 Å². The molecule has 1 aromatic carbocycles. The van der Waals surface area contributed by atoms with Crippen molar-refractivity contribution in [3.05, 3.63) is 52.8 Å². The molecule has 0 amide bonds. The van der Waals surface area contributed by atoms with E-state index in [0.29, 0.717) is 6.61 Å². The van der Waals surface area contributed by atoms with Crippen molar-refractivity contribution >= 4 is 17.6 Å². The molecule has 0 bridgehead atoms. The van der Waals surface area contributed by atoms with E-state index in [1.54, 1.807) is 0 Å². The molecule has 1 aliphatic carbocycles. The largest absolute Gasteiger partial charge is 0.370 e. The summed E-state index contributed by atoms with van der Waals surface area (Å²) in [7, 11) is 3.77. The molecule has 144 valence electrons. The van der Waals surface area contributed by atoms with Crippen LogP contribution in [0.3, 0.4) is 0 Å². The first kappa shape index (κ1) is 18.3. The van der Waals surface area contributed by atoms with E-state index in [1.807, 2.05) is 43.3 Å². The first-order chi connectivity index (χ1) is 13.1. The van der Waals surface area contributed by atoms with Crippen LogP contribution in [0.25, 0.3) is 0 Å². The zero-order valence-electron chi connectivity index (χ0n) is 15.9. The van der Waals surface area contributed by atoms with Crippen molar-refractivity contribution in [3.8, 4) is 0 Å². The standard InChI is InChI=1S/C20H26ClN5O/c1-22-19(23-14-20(7-8-20)16-3-5-17(21)6-4-16)26-9-10-27-18(13-26)15-11-24-25(2)12-15/h3-6,11-12,18H,7-10,13-14H2,1-2H3,(H,22,23). The summed E-state index contributed by atoms with van der Waals surface area (Å²) in [5, 5.41) is 8.65. The first-order valence-corrected chi connectivity index (χ1v) is 9.79. The van der Waals surface area contributed by atoms with Gasteiger partial charge >= 0.3 is 0 Å². The second-order valence-electron chi connectivity index (χ2n) is 7.44. The number of aryl methyl sites for hydroxylation is 1. The van der Waals surface area contributed by atoms with Crippen LogP contribution in [-0.2, 0) is 17.2 Å². The Labute approximate surface area is 165 Å². The van der Waals surface area contributed by atoms with Crippen molar-refractivity contribution in [1.29, 1.82) is 0 Å². The van der Waals surface area contributed by atoms with E-state index in [0.717, 1.165) is 36.2 Å². The summed E-state index contributed by atoms with van der Waals surface area (Å²) in [6.45, 7) is 3.18. The van der Waals surface area contributed by atoms with E-state index in [2.05, 4.69) is 32.4 Å². The SMILES string of the molecule is CN=C(NCC1(c2ccc(Cl)cc2)CC1)N1CCOC(c2cnn(C)c2)C1. The molecule has 7 heteroatoms. The number of halogens is 1. The monoisotopic (exact) mass is 387 g/mol. The van der Waals surface area contributed by atoms with Gasteiger partial charge in [-0.3, -0.25) is 9.67 Å². The lowest BCUT2D eigenvalue weighted by Gasteiger charge is -2.35. The third kappa shape index (κ3) is 3.96. The van der Waals surface area contributed by atoms with E-state index in [1.165, 1.54) is 18.4 Å². The number of rotatable bonds is 4. The van der Waals surface area contributed by atoms with E-state index in [4.69, 9.17) is 16.3 Å². The minimum atomic E-state index is 0.0251. The molecule has 2 aromatic rings. The number of aliphatic imine (C=N–C) groups is 1. The number of hydrogen-bond acceptors (Lipinski definition) is 3. The number of morpholine rings is 1. The van der Waals surface area contributed by atoms with Crippen LogP contribution in [0.5, 0.6) is 0 Å². The van der Waals surface area contributed by atoms with Gasteiger partial charge in [-0.15, -0.1) is 0 Å². The van der Waals surface area contributed by atoms with Gasteiger partial charge in [0.05, 0.1) is 19.3 Å². The third-order valence-corrected chi connectivity index (χ3v) is 5.82. The predicted molar refractivity (Wildman–Crippen MR) is 107 cm³/mol. The van der Waals surface area contributed by atoms with Crippen LogP contribution in [0.2, 0.25) is 5.02 Å². The van der Waals surface area contributed by atoms with Gasteiger partial charge in [0.25, 0.3) is 0 Å². The Morgan fingerprint density at radius 2 is 2.15 bits per heavy atom. The molecular weight excluding hydrogens is 362 g/mol. The Kier molecular flexibility index (Phi) is 5.10. The highest BCUT2D eigenvalue weighted by atomic mass is 35.5. The molecule has 1 atom stereocenters. The van der Waals surface area contributed by atoms with Crippen LogP contribution in [-0.4, -0.2) is 53.9 Å². The molecule has 0 spiro atoms. The van der Waals surface area contributed by atoms with Gasteiger partial charge in [-0.25, -0.2) is 0 Å². The van der Waals surface area contributed by atoms with E-state index in [-0.39, 0.29) is 11.5 Å². The summed E-state index contributed by atoms with van der Waals surface area (Å²) < 4.78 is 7.76. The molecule has 1 N–H and O–H groups in total. The predicted octanol–water partition coefficient (Wildman–Crippen LogP) is 2.75. The van der Waals surface area contributed by atoms with Gasteiger partial charge in [0.1, 0.15) is 6.10 Å². The second-order valence-corrected chi connectivity index (χ2v) is 7.88. The number of benzene rings is 1. The number of hydrogen-bond donors (Lipinski definition) is 1. The molecule has 4 rings (SSSR count). The van der Waals surface area contributed by atoms with Gasteiger partial charge in [0, 0.05) is 49.4 Å². The fourth-order valence-electron chi connectivity index (χ4n) is 3.75. The van der Waals surface area contributed by atoms with E-state index in [9.17, 15) is 0 Å². The molecule has 6 nitrogen and oxygen atoms in total. The van der Waals surface area contributed by atoms with Gasteiger partial charge in [0.15, 0.2) is 5.96 Å². The van der Waals surface area contributed by atoms with Crippen LogP contribution >= 0.6 is 11.6 Å². The molecule has 1 saturated carbocycles. The minimum Gasteiger partial charge on any atom is -0.370 e. The highest BCUT2D eigenvalue weighted by Gasteiger charge is 2.44. The highest BCUT2D eigenvalue weighted by molar-refractivity contribution is 6.30. The molecule has 2 heterocycles. The third-order valence-electron chi connectivity index (χ3n) is 5.57. The Bertz CT molecular complexity index is 812. The van der Waals surface area contributed by atoms with Gasteiger partial charge < -0.3 is 15.0 Å². The quantitative estimate of drug-likeness (QED) is 0.647. The molecular formula is C20H26ClN5O. The van der Waals surface area contributed by atoms with Gasteiger partial charge in [-0.2, -0.15) is 5.10 Å². The summed E-state index contributed by atoms with van der Waals surface area (Å²) in [4.78, 5) is 6.79. The second kappa shape index (κ2) is 7.52. The normalized spacial score (nSPS) is 22.0. The first-order valence-electron chi connectivity index (χ1n) is 9.41. The molecule has 1 saturated heterocycles. The molecule has 1 unspecified atom stereocenters. The number of nitrogens with zero attached hydrogens (tertiary/aromatic N) is 4. The Hall–Kier alpha value is -2.05. The summed E-state index contributed by atoms with van der Waals surface area (Å²) in [6, 6.07) is 8.25. The molecule has 27 heavy (non-hydrogen) atoms. The molecule has 2 fully saturated rings. The van der Waals surface area contributed by atoms with Crippen molar-refractivity contribution in [2.75, 3.05) is 33.3 Å².